The van der Waals surface area contributed by atoms with Crippen LogP contribution in [-0.4, -0.2) is 48.3 Å². The standard InChI is InChI=1S/C21H31N3O3/c1-14(2)18(21(26)27-3)22-20(25)19-16-11-7-8-12-17(16)24(23-19)13-15-9-5-4-6-10-15/h7-8,11-12,14-18H,4-6,9-10,13H2,1-3H3,(H,22,25)/t16?,17?,18-/m0/s1. The van der Waals surface area contributed by atoms with Crippen molar-refractivity contribution in [2.75, 3.05) is 13.7 Å². The van der Waals surface area contributed by atoms with E-state index in [1.165, 1.54) is 39.2 Å². The minimum absolute atomic E-state index is 0.0562. The average Bonchev–Trinajstić information content (AvgIpc) is 3.04. The Morgan fingerprint density at radius 2 is 1.93 bits per heavy atom. The van der Waals surface area contributed by atoms with Crippen molar-refractivity contribution in [3.05, 3.63) is 24.3 Å². The lowest BCUT2D eigenvalue weighted by Gasteiger charge is -2.30. The highest BCUT2D eigenvalue weighted by Gasteiger charge is 2.40. The quantitative estimate of drug-likeness (QED) is 0.727. The number of hydrogen-bond acceptors (Lipinski definition) is 5. The summed E-state index contributed by atoms with van der Waals surface area (Å²) in [4.78, 5) is 24.9. The molecule has 1 heterocycles. The highest BCUT2D eigenvalue weighted by Crippen LogP contribution is 2.31. The molecule has 2 unspecified atom stereocenters. The molecule has 148 valence electrons. The summed E-state index contributed by atoms with van der Waals surface area (Å²) in [6, 6.07) is -0.576. The topological polar surface area (TPSA) is 71.0 Å². The van der Waals surface area contributed by atoms with Gasteiger partial charge in [-0.3, -0.25) is 9.80 Å². The fourth-order valence-corrected chi connectivity index (χ4v) is 4.24. The van der Waals surface area contributed by atoms with Crippen LogP contribution in [0, 0.1) is 17.8 Å². The summed E-state index contributed by atoms with van der Waals surface area (Å²) in [5.41, 5.74) is 0.492. The zero-order valence-corrected chi connectivity index (χ0v) is 16.6. The number of methoxy groups -OCH3 is 1. The van der Waals surface area contributed by atoms with E-state index in [0.717, 1.165) is 6.54 Å². The van der Waals surface area contributed by atoms with Gasteiger partial charge >= 0.3 is 5.97 Å². The molecule has 0 aromatic heterocycles. The molecule has 3 aliphatic rings. The number of hydrogen-bond donors (Lipinski definition) is 1. The first-order chi connectivity index (χ1) is 13.0. The number of ether oxygens (including phenoxy) is 1. The Labute approximate surface area is 161 Å². The van der Waals surface area contributed by atoms with Gasteiger partial charge in [0, 0.05) is 6.54 Å². The number of fused-ring (bicyclic) bond motifs is 1. The Kier molecular flexibility index (Phi) is 6.34. The first-order valence-electron chi connectivity index (χ1n) is 10.1. The van der Waals surface area contributed by atoms with Crippen LogP contribution in [0.15, 0.2) is 29.4 Å². The zero-order chi connectivity index (χ0) is 19.4. The van der Waals surface area contributed by atoms with Gasteiger partial charge in [0.25, 0.3) is 5.91 Å². The van der Waals surface area contributed by atoms with Gasteiger partial charge in [-0.2, -0.15) is 5.10 Å². The van der Waals surface area contributed by atoms with E-state index < -0.39 is 12.0 Å². The maximum absolute atomic E-state index is 12.9. The van der Waals surface area contributed by atoms with E-state index in [1.54, 1.807) is 0 Å². The van der Waals surface area contributed by atoms with E-state index in [9.17, 15) is 9.59 Å². The molecule has 27 heavy (non-hydrogen) atoms. The molecule has 1 N–H and O–H groups in total. The van der Waals surface area contributed by atoms with Gasteiger partial charge in [-0.25, -0.2) is 4.79 Å². The third kappa shape index (κ3) is 4.42. The molecule has 0 bridgehead atoms. The van der Waals surface area contributed by atoms with Crippen LogP contribution >= 0.6 is 0 Å². The lowest BCUT2D eigenvalue weighted by Crippen LogP contribution is -2.48. The van der Waals surface area contributed by atoms with Crippen LogP contribution in [0.4, 0.5) is 0 Å². The van der Waals surface area contributed by atoms with Crippen molar-refractivity contribution in [1.29, 1.82) is 0 Å². The third-order valence-electron chi connectivity index (χ3n) is 5.81. The van der Waals surface area contributed by atoms with Crippen molar-refractivity contribution in [3.63, 3.8) is 0 Å². The van der Waals surface area contributed by atoms with Crippen LogP contribution < -0.4 is 5.32 Å². The number of hydrazone groups is 1. The Hall–Kier alpha value is -2.11. The van der Waals surface area contributed by atoms with Crippen LogP contribution in [0.1, 0.15) is 46.0 Å². The normalized spacial score (nSPS) is 25.9. The molecule has 0 radical (unpaired) electrons. The number of allylic oxidation sites excluding steroid dienone is 2. The summed E-state index contributed by atoms with van der Waals surface area (Å²) in [6.45, 7) is 4.67. The van der Waals surface area contributed by atoms with Gasteiger partial charge < -0.3 is 10.1 Å². The van der Waals surface area contributed by atoms with Crippen molar-refractivity contribution in [2.24, 2.45) is 22.9 Å². The highest BCUT2D eigenvalue weighted by molar-refractivity contribution is 6.41. The third-order valence-corrected chi connectivity index (χ3v) is 5.81. The fourth-order valence-electron chi connectivity index (χ4n) is 4.24. The van der Waals surface area contributed by atoms with Crippen LogP contribution in [0.25, 0.3) is 0 Å². The van der Waals surface area contributed by atoms with Crippen molar-refractivity contribution in [1.82, 2.24) is 10.3 Å². The Morgan fingerprint density at radius 3 is 2.59 bits per heavy atom. The molecule has 2 aliphatic carbocycles. The molecule has 0 aromatic carbocycles. The van der Waals surface area contributed by atoms with Gasteiger partial charge in [0.05, 0.1) is 19.1 Å². The SMILES string of the molecule is COC(=O)[C@@H](NC(=O)C1=NN(CC2CCCCC2)C2C=CC=CC12)C(C)C. The van der Waals surface area contributed by atoms with Crippen molar-refractivity contribution >= 4 is 17.6 Å². The van der Waals surface area contributed by atoms with Crippen molar-refractivity contribution in [2.45, 2.75) is 58.0 Å². The molecule has 1 saturated carbocycles. The Morgan fingerprint density at radius 1 is 1.22 bits per heavy atom. The molecule has 1 fully saturated rings. The molecule has 0 aromatic rings. The maximum atomic E-state index is 12.9. The second-order valence-corrected chi connectivity index (χ2v) is 8.12. The number of esters is 1. The Bertz CT molecular complexity index is 647. The molecule has 6 nitrogen and oxygen atoms in total. The van der Waals surface area contributed by atoms with Gasteiger partial charge in [0.15, 0.2) is 0 Å². The van der Waals surface area contributed by atoms with Gasteiger partial charge in [-0.15, -0.1) is 0 Å². The van der Waals surface area contributed by atoms with Gasteiger partial charge in [0.1, 0.15) is 11.8 Å². The lowest BCUT2D eigenvalue weighted by atomic mass is 9.87. The Balaban J connectivity index is 1.74. The number of nitrogens with zero attached hydrogens (tertiary/aromatic N) is 2. The minimum Gasteiger partial charge on any atom is -0.467 e. The molecule has 3 atom stereocenters. The van der Waals surface area contributed by atoms with E-state index in [1.807, 2.05) is 32.1 Å². The molecule has 6 heteroatoms. The van der Waals surface area contributed by atoms with E-state index in [0.29, 0.717) is 11.6 Å². The summed E-state index contributed by atoms with van der Waals surface area (Å²) in [7, 11) is 1.34. The van der Waals surface area contributed by atoms with Crippen LogP contribution in [0.2, 0.25) is 0 Å². The second kappa shape index (κ2) is 8.72. The predicted molar refractivity (Wildman–Crippen MR) is 105 cm³/mol. The summed E-state index contributed by atoms with van der Waals surface area (Å²) in [6.07, 6.45) is 14.5. The van der Waals surface area contributed by atoms with Crippen LogP contribution in [0.5, 0.6) is 0 Å². The summed E-state index contributed by atoms with van der Waals surface area (Å²) < 4.78 is 4.84. The average molecular weight is 373 g/mol. The molecule has 1 aliphatic heterocycles. The summed E-state index contributed by atoms with van der Waals surface area (Å²) in [5, 5.41) is 9.63. The maximum Gasteiger partial charge on any atom is 0.328 e. The summed E-state index contributed by atoms with van der Waals surface area (Å²) >= 11 is 0. The molecular formula is C21H31N3O3. The fraction of sp³-hybridized carbons (Fsp3) is 0.667. The number of nitrogens with one attached hydrogen (secondary N) is 1. The lowest BCUT2D eigenvalue weighted by molar-refractivity contribution is -0.145. The van der Waals surface area contributed by atoms with Gasteiger partial charge in [-0.05, 0) is 24.7 Å². The monoisotopic (exact) mass is 373 g/mol. The summed E-state index contributed by atoms with van der Waals surface area (Å²) in [5.74, 6) is -0.182. The smallest absolute Gasteiger partial charge is 0.328 e. The number of rotatable bonds is 6. The minimum atomic E-state index is -0.667. The van der Waals surface area contributed by atoms with Crippen molar-refractivity contribution < 1.29 is 14.3 Å². The second-order valence-electron chi connectivity index (χ2n) is 8.12. The number of carbonyl (C=O) groups excluding carboxylic acids is 2. The van der Waals surface area contributed by atoms with Gasteiger partial charge in [-0.1, -0.05) is 57.4 Å². The van der Waals surface area contributed by atoms with Crippen LogP contribution in [0.3, 0.4) is 0 Å². The first kappa shape index (κ1) is 19.6. The number of carbonyl (C=O) groups is 2. The highest BCUT2D eigenvalue weighted by atomic mass is 16.5. The van der Waals surface area contributed by atoms with E-state index in [2.05, 4.69) is 16.4 Å². The molecule has 1 amide bonds. The largest absolute Gasteiger partial charge is 0.467 e. The van der Waals surface area contributed by atoms with E-state index >= 15 is 0 Å². The molecule has 3 rings (SSSR count). The van der Waals surface area contributed by atoms with Gasteiger partial charge in [0.2, 0.25) is 0 Å². The molecule has 0 saturated heterocycles. The van der Waals surface area contributed by atoms with Crippen LogP contribution in [-0.2, 0) is 14.3 Å². The first-order valence-corrected chi connectivity index (χ1v) is 10.1. The van der Waals surface area contributed by atoms with E-state index in [4.69, 9.17) is 9.84 Å². The van der Waals surface area contributed by atoms with Crippen molar-refractivity contribution in [3.8, 4) is 0 Å². The number of amides is 1. The zero-order valence-electron chi connectivity index (χ0n) is 16.6. The van der Waals surface area contributed by atoms with E-state index in [-0.39, 0.29) is 23.8 Å². The predicted octanol–water partition coefficient (Wildman–Crippen LogP) is 2.66. The molecule has 0 spiro atoms. The molecular weight excluding hydrogens is 342 g/mol.